The fourth-order valence-corrected chi connectivity index (χ4v) is 4.47. The average molecular weight is 483 g/mol. The van der Waals surface area contributed by atoms with E-state index >= 15 is 0 Å². The molecule has 0 bridgehead atoms. The fourth-order valence-electron chi connectivity index (χ4n) is 4.47. The van der Waals surface area contributed by atoms with Crippen LogP contribution in [0.3, 0.4) is 0 Å². The lowest BCUT2D eigenvalue weighted by atomic mass is 9.88. The minimum atomic E-state index is -0.951. The lowest BCUT2D eigenvalue weighted by Gasteiger charge is -2.22. The van der Waals surface area contributed by atoms with E-state index in [1.54, 1.807) is 41.3 Å². The quantitative estimate of drug-likeness (QED) is 0.537. The molecule has 0 unspecified atom stereocenters. The second-order valence-electron chi connectivity index (χ2n) is 8.84. The Kier molecular flexibility index (Phi) is 7.74. The second-order valence-corrected chi connectivity index (χ2v) is 8.84. The third kappa shape index (κ3) is 6.23. The Morgan fingerprint density at radius 1 is 1.09 bits per heavy atom. The van der Waals surface area contributed by atoms with Crippen molar-refractivity contribution in [1.82, 2.24) is 4.90 Å². The first-order valence-corrected chi connectivity index (χ1v) is 11.8. The first-order chi connectivity index (χ1) is 16.9. The van der Waals surface area contributed by atoms with Crippen molar-refractivity contribution in [2.24, 2.45) is 5.92 Å². The molecule has 2 fully saturated rings. The third-order valence-corrected chi connectivity index (χ3v) is 6.31. The van der Waals surface area contributed by atoms with Gasteiger partial charge in [0, 0.05) is 17.2 Å². The molecule has 1 heterocycles. The molecule has 0 atom stereocenters. The maximum absolute atomic E-state index is 12.8. The number of amides is 2. The zero-order chi connectivity index (χ0) is 24.8. The number of cyclic esters (lactones) is 1. The van der Waals surface area contributed by atoms with Gasteiger partial charge < -0.3 is 29.5 Å². The number of carbonyl (C=O) groups excluding carboxylic acids is 2. The van der Waals surface area contributed by atoms with Gasteiger partial charge in [0.1, 0.15) is 12.4 Å². The van der Waals surface area contributed by atoms with Gasteiger partial charge in [0.05, 0.1) is 26.6 Å². The van der Waals surface area contributed by atoms with E-state index < -0.39 is 12.1 Å². The van der Waals surface area contributed by atoms with Crippen LogP contribution in [0.1, 0.15) is 43.2 Å². The Balaban J connectivity index is 1.60. The Labute approximate surface area is 204 Å². The van der Waals surface area contributed by atoms with Crippen LogP contribution in [0.2, 0.25) is 0 Å². The number of rotatable bonds is 9. The molecular weight excluding hydrogens is 452 g/mol. The summed E-state index contributed by atoms with van der Waals surface area (Å²) < 4.78 is 16.6. The van der Waals surface area contributed by atoms with Crippen molar-refractivity contribution in [2.45, 2.75) is 45.1 Å². The number of hydrogen-bond acceptors (Lipinski definition) is 6. The van der Waals surface area contributed by atoms with Crippen LogP contribution in [0.15, 0.2) is 36.4 Å². The minimum absolute atomic E-state index is 0.00735. The SMILES string of the molecule is COc1ccc(CC(=O)O)cc1Oc1ccc(NC(=O)C2CCCCC2)cc1CN1CCOC1=O. The highest BCUT2D eigenvalue weighted by atomic mass is 16.6. The van der Waals surface area contributed by atoms with Crippen LogP contribution in [-0.4, -0.2) is 48.2 Å². The highest BCUT2D eigenvalue weighted by Gasteiger charge is 2.25. The van der Waals surface area contributed by atoms with Gasteiger partial charge in [0.2, 0.25) is 5.91 Å². The van der Waals surface area contributed by atoms with E-state index in [-0.39, 0.29) is 24.8 Å². The van der Waals surface area contributed by atoms with Crippen molar-refractivity contribution >= 4 is 23.7 Å². The molecule has 9 heteroatoms. The Bertz CT molecular complexity index is 1100. The molecule has 0 aromatic heterocycles. The smallest absolute Gasteiger partial charge is 0.410 e. The van der Waals surface area contributed by atoms with E-state index in [4.69, 9.17) is 19.3 Å². The zero-order valence-corrected chi connectivity index (χ0v) is 19.7. The van der Waals surface area contributed by atoms with Crippen LogP contribution in [0.5, 0.6) is 17.2 Å². The molecule has 0 radical (unpaired) electrons. The molecule has 2 amide bonds. The second kappa shape index (κ2) is 11.1. The van der Waals surface area contributed by atoms with Crippen molar-refractivity contribution in [1.29, 1.82) is 0 Å². The molecule has 1 aliphatic heterocycles. The van der Waals surface area contributed by atoms with Crippen LogP contribution in [0, 0.1) is 5.92 Å². The maximum atomic E-state index is 12.8. The van der Waals surface area contributed by atoms with E-state index in [0.29, 0.717) is 47.2 Å². The molecule has 186 valence electrons. The Morgan fingerprint density at radius 2 is 1.86 bits per heavy atom. The number of carboxylic acids is 1. The van der Waals surface area contributed by atoms with E-state index in [9.17, 15) is 14.4 Å². The highest BCUT2D eigenvalue weighted by Crippen LogP contribution is 2.36. The molecule has 2 aromatic rings. The number of carboxylic acid groups (broad SMARTS) is 1. The number of aliphatic carboxylic acids is 1. The van der Waals surface area contributed by atoms with Gasteiger partial charge >= 0.3 is 12.1 Å². The van der Waals surface area contributed by atoms with Gasteiger partial charge in [0.15, 0.2) is 11.5 Å². The fraction of sp³-hybridized carbons (Fsp3) is 0.423. The number of anilines is 1. The van der Waals surface area contributed by atoms with Gasteiger partial charge in [-0.05, 0) is 48.7 Å². The molecule has 0 spiro atoms. The molecule has 1 saturated carbocycles. The van der Waals surface area contributed by atoms with E-state index in [1.165, 1.54) is 13.5 Å². The van der Waals surface area contributed by atoms with Crippen LogP contribution in [0.4, 0.5) is 10.5 Å². The lowest BCUT2D eigenvalue weighted by Crippen LogP contribution is -2.25. The number of carbonyl (C=O) groups is 3. The monoisotopic (exact) mass is 482 g/mol. The van der Waals surface area contributed by atoms with Crippen molar-refractivity contribution in [2.75, 3.05) is 25.6 Å². The molecule has 1 aliphatic carbocycles. The highest BCUT2D eigenvalue weighted by molar-refractivity contribution is 5.92. The molecule has 2 aromatic carbocycles. The van der Waals surface area contributed by atoms with Crippen molar-refractivity contribution in [3.8, 4) is 17.2 Å². The van der Waals surface area contributed by atoms with Crippen molar-refractivity contribution in [3.05, 3.63) is 47.5 Å². The number of nitrogens with one attached hydrogen (secondary N) is 1. The molecule has 2 N–H and O–H groups in total. The van der Waals surface area contributed by atoms with Crippen molar-refractivity contribution < 1.29 is 33.7 Å². The first-order valence-electron chi connectivity index (χ1n) is 11.8. The summed E-state index contributed by atoms with van der Waals surface area (Å²) in [6, 6.07) is 10.2. The van der Waals surface area contributed by atoms with Gasteiger partial charge in [-0.1, -0.05) is 25.3 Å². The summed E-state index contributed by atoms with van der Waals surface area (Å²) in [5.41, 5.74) is 1.87. The topological polar surface area (TPSA) is 114 Å². The summed E-state index contributed by atoms with van der Waals surface area (Å²) in [5.74, 6) is 0.334. The number of hydrogen-bond donors (Lipinski definition) is 2. The van der Waals surface area contributed by atoms with Gasteiger partial charge in [-0.25, -0.2) is 4.79 Å². The largest absolute Gasteiger partial charge is 0.493 e. The minimum Gasteiger partial charge on any atom is -0.493 e. The molecule has 9 nitrogen and oxygen atoms in total. The summed E-state index contributed by atoms with van der Waals surface area (Å²) in [6.45, 7) is 1.00. The Morgan fingerprint density at radius 3 is 2.54 bits per heavy atom. The predicted molar refractivity (Wildman–Crippen MR) is 128 cm³/mol. The summed E-state index contributed by atoms with van der Waals surface area (Å²) in [6.07, 6.45) is 4.53. The third-order valence-electron chi connectivity index (χ3n) is 6.31. The average Bonchev–Trinajstić information content (AvgIpc) is 3.25. The standard InChI is InChI=1S/C26H30N2O7/c1-33-22-9-7-17(14-24(29)30)13-23(22)35-21-10-8-20(27-25(31)18-5-3-2-4-6-18)15-19(21)16-28-11-12-34-26(28)32/h7-10,13,15,18H,2-6,11-12,14,16H2,1H3,(H,27,31)(H,29,30). The predicted octanol–water partition coefficient (Wildman–Crippen LogP) is 4.59. The molecular formula is C26H30N2O7. The first kappa shape index (κ1) is 24.4. The van der Waals surface area contributed by atoms with Crippen LogP contribution >= 0.6 is 0 Å². The molecule has 35 heavy (non-hydrogen) atoms. The summed E-state index contributed by atoms with van der Waals surface area (Å²) >= 11 is 0. The summed E-state index contributed by atoms with van der Waals surface area (Å²) in [4.78, 5) is 37.6. The number of methoxy groups -OCH3 is 1. The number of nitrogens with zero attached hydrogens (tertiary/aromatic N) is 1. The number of ether oxygens (including phenoxy) is 3. The van der Waals surface area contributed by atoms with E-state index in [2.05, 4.69) is 5.32 Å². The molecule has 2 aliphatic rings. The summed E-state index contributed by atoms with van der Waals surface area (Å²) in [7, 11) is 1.50. The maximum Gasteiger partial charge on any atom is 0.410 e. The van der Waals surface area contributed by atoms with Gasteiger partial charge in [-0.3, -0.25) is 9.59 Å². The molecule has 4 rings (SSSR count). The molecule has 1 saturated heterocycles. The van der Waals surface area contributed by atoms with E-state index in [1.807, 2.05) is 0 Å². The van der Waals surface area contributed by atoms with Crippen LogP contribution in [0.25, 0.3) is 0 Å². The van der Waals surface area contributed by atoms with Crippen LogP contribution < -0.4 is 14.8 Å². The summed E-state index contributed by atoms with van der Waals surface area (Å²) in [5, 5.41) is 12.2. The number of benzene rings is 2. The van der Waals surface area contributed by atoms with E-state index in [0.717, 1.165) is 25.7 Å². The van der Waals surface area contributed by atoms with Crippen molar-refractivity contribution in [3.63, 3.8) is 0 Å². The van der Waals surface area contributed by atoms with Crippen LogP contribution in [-0.2, 0) is 27.3 Å². The Hall–Kier alpha value is -3.75. The van der Waals surface area contributed by atoms with Gasteiger partial charge in [-0.2, -0.15) is 0 Å². The van der Waals surface area contributed by atoms with Gasteiger partial charge in [-0.15, -0.1) is 0 Å². The van der Waals surface area contributed by atoms with Gasteiger partial charge in [0.25, 0.3) is 0 Å². The normalized spacial score (nSPS) is 16.0. The lowest BCUT2D eigenvalue weighted by molar-refractivity contribution is -0.136. The zero-order valence-electron chi connectivity index (χ0n) is 19.7.